The first-order valence-electron chi connectivity index (χ1n) is 6.83. The van der Waals surface area contributed by atoms with E-state index in [1.807, 2.05) is 20.8 Å². The van der Waals surface area contributed by atoms with Gasteiger partial charge < -0.3 is 5.32 Å². The molecular formula is C13H21N3O4S. The molecule has 0 saturated heterocycles. The molecule has 0 bridgehead atoms. The average Bonchev–Trinajstić information content (AvgIpc) is 2.45. The largest absolute Gasteiger partial charge is 0.384 e. The molecule has 21 heavy (non-hydrogen) atoms. The van der Waals surface area contributed by atoms with Gasteiger partial charge in [0.2, 0.25) is 10.0 Å². The summed E-state index contributed by atoms with van der Waals surface area (Å²) < 4.78 is 27.2. The van der Waals surface area contributed by atoms with Crippen molar-refractivity contribution in [3.05, 3.63) is 28.3 Å². The van der Waals surface area contributed by atoms with Crippen molar-refractivity contribution in [3.63, 3.8) is 0 Å². The minimum Gasteiger partial charge on any atom is -0.384 e. The summed E-state index contributed by atoms with van der Waals surface area (Å²) in [5.74, 6) is 0.195. The van der Waals surface area contributed by atoms with Crippen molar-refractivity contribution in [2.24, 2.45) is 5.92 Å². The Balaban J connectivity index is 3.17. The van der Waals surface area contributed by atoms with Crippen LogP contribution in [-0.4, -0.2) is 26.4 Å². The highest BCUT2D eigenvalue weighted by molar-refractivity contribution is 7.89. The molecule has 1 rings (SSSR count). The summed E-state index contributed by atoms with van der Waals surface area (Å²) in [6.07, 6.45) is 0.845. The fraction of sp³-hybridized carbons (Fsp3) is 0.538. The fourth-order valence-corrected chi connectivity index (χ4v) is 3.02. The summed E-state index contributed by atoms with van der Waals surface area (Å²) in [5.41, 5.74) is 0.111. The molecule has 0 aliphatic carbocycles. The second kappa shape index (κ2) is 7.37. The van der Waals surface area contributed by atoms with Crippen molar-refractivity contribution in [2.75, 3.05) is 18.4 Å². The average molecular weight is 315 g/mol. The van der Waals surface area contributed by atoms with Gasteiger partial charge in [0.25, 0.3) is 5.69 Å². The third kappa shape index (κ3) is 4.68. The van der Waals surface area contributed by atoms with E-state index < -0.39 is 14.9 Å². The molecule has 0 aliphatic rings. The van der Waals surface area contributed by atoms with E-state index in [4.69, 9.17) is 0 Å². The highest BCUT2D eigenvalue weighted by atomic mass is 32.2. The van der Waals surface area contributed by atoms with Gasteiger partial charge in [0.05, 0.1) is 10.6 Å². The number of nitrogens with one attached hydrogen (secondary N) is 2. The number of sulfonamides is 1. The van der Waals surface area contributed by atoms with E-state index in [-0.39, 0.29) is 16.5 Å². The minimum absolute atomic E-state index is 0.0955. The third-order valence-corrected chi connectivity index (χ3v) is 4.61. The van der Waals surface area contributed by atoms with Crippen molar-refractivity contribution in [1.82, 2.24) is 4.72 Å². The van der Waals surface area contributed by atoms with E-state index in [9.17, 15) is 18.5 Å². The molecule has 0 spiro atoms. The number of anilines is 1. The predicted molar refractivity (Wildman–Crippen MR) is 81.9 cm³/mol. The Kier molecular flexibility index (Phi) is 6.10. The summed E-state index contributed by atoms with van der Waals surface area (Å²) in [4.78, 5) is 10.1. The summed E-state index contributed by atoms with van der Waals surface area (Å²) in [6, 6.07) is 3.78. The zero-order valence-corrected chi connectivity index (χ0v) is 13.2. The molecule has 1 aromatic carbocycles. The molecule has 1 atom stereocenters. The molecule has 0 radical (unpaired) electrons. The lowest BCUT2D eigenvalue weighted by Gasteiger charge is -2.14. The lowest BCUT2D eigenvalue weighted by molar-refractivity contribution is -0.385. The second-order valence-corrected chi connectivity index (χ2v) is 6.57. The lowest BCUT2D eigenvalue weighted by Crippen LogP contribution is -2.29. The highest BCUT2D eigenvalue weighted by Gasteiger charge is 2.22. The summed E-state index contributed by atoms with van der Waals surface area (Å²) >= 11 is 0. The van der Waals surface area contributed by atoms with Crippen LogP contribution in [0.15, 0.2) is 23.1 Å². The zero-order valence-electron chi connectivity index (χ0n) is 12.4. The van der Waals surface area contributed by atoms with Crippen LogP contribution in [0.25, 0.3) is 0 Å². The number of nitro benzene ring substituents is 1. The molecule has 1 unspecified atom stereocenters. The van der Waals surface area contributed by atoms with Crippen molar-refractivity contribution >= 4 is 21.4 Å². The number of nitro groups is 1. The molecule has 0 fully saturated rings. The Hall–Kier alpha value is -1.67. The van der Waals surface area contributed by atoms with Gasteiger partial charge in [-0.3, -0.25) is 10.1 Å². The van der Waals surface area contributed by atoms with E-state index in [0.717, 1.165) is 12.5 Å². The maximum atomic E-state index is 12.3. The predicted octanol–water partition coefficient (Wildman–Crippen LogP) is 2.35. The van der Waals surface area contributed by atoms with E-state index in [0.29, 0.717) is 18.8 Å². The summed E-state index contributed by atoms with van der Waals surface area (Å²) in [6.45, 7) is 6.54. The van der Waals surface area contributed by atoms with Crippen LogP contribution in [0.4, 0.5) is 11.4 Å². The highest BCUT2D eigenvalue weighted by Crippen LogP contribution is 2.26. The van der Waals surface area contributed by atoms with Crippen LogP contribution in [0.3, 0.4) is 0 Å². The van der Waals surface area contributed by atoms with Crippen molar-refractivity contribution in [1.29, 1.82) is 0 Å². The van der Waals surface area contributed by atoms with Gasteiger partial charge in [-0.25, -0.2) is 13.1 Å². The van der Waals surface area contributed by atoms with Crippen molar-refractivity contribution in [3.8, 4) is 0 Å². The standard InChI is InChI=1S/C13H21N3O4S/c1-4-10(3)9-15-21(19,20)13-8-11(16(17)18)6-7-12(13)14-5-2/h6-8,10,14-15H,4-5,9H2,1-3H3. The first-order valence-corrected chi connectivity index (χ1v) is 8.32. The van der Waals surface area contributed by atoms with Gasteiger partial charge in [0, 0.05) is 25.2 Å². The Labute approximate surface area is 124 Å². The topological polar surface area (TPSA) is 101 Å². The normalized spacial score (nSPS) is 12.9. The fourth-order valence-electron chi connectivity index (χ4n) is 1.66. The number of rotatable bonds is 8. The Morgan fingerprint density at radius 1 is 1.33 bits per heavy atom. The Morgan fingerprint density at radius 3 is 2.52 bits per heavy atom. The number of hydrogen-bond donors (Lipinski definition) is 2. The molecule has 0 amide bonds. The van der Waals surface area contributed by atoms with E-state index in [2.05, 4.69) is 10.0 Å². The third-order valence-electron chi connectivity index (χ3n) is 3.15. The smallest absolute Gasteiger partial charge is 0.270 e. The SMILES string of the molecule is CCNc1ccc([N+](=O)[O-])cc1S(=O)(=O)NCC(C)CC. The van der Waals surface area contributed by atoms with Gasteiger partial charge >= 0.3 is 0 Å². The Bertz CT molecular complexity index is 601. The molecule has 0 heterocycles. The summed E-state index contributed by atoms with van der Waals surface area (Å²) in [5, 5.41) is 13.7. The van der Waals surface area contributed by atoms with E-state index in [1.165, 1.54) is 12.1 Å². The molecule has 0 aliphatic heterocycles. The van der Waals surface area contributed by atoms with Crippen molar-refractivity contribution < 1.29 is 13.3 Å². The van der Waals surface area contributed by atoms with Crippen LogP contribution >= 0.6 is 0 Å². The number of benzene rings is 1. The van der Waals surface area contributed by atoms with Gasteiger partial charge in [-0.05, 0) is 18.9 Å². The van der Waals surface area contributed by atoms with Crippen LogP contribution in [-0.2, 0) is 10.0 Å². The van der Waals surface area contributed by atoms with Crippen LogP contribution in [0.1, 0.15) is 27.2 Å². The quantitative estimate of drug-likeness (QED) is 0.566. The maximum absolute atomic E-state index is 12.3. The molecule has 1 aromatic rings. The Morgan fingerprint density at radius 2 is 2.00 bits per heavy atom. The van der Waals surface area contributed by atoms with Gasteiger partial charge in [0.1, 0.15) is 4.90 Å². The van der Waals surface area contributed by atoms with E-state index in [1.54, 1.807) is 0 Å². The summed E-state index contributed by atoms with van der Waals surface area (Å²) in [7, 11) is -3.79. The number of hydrogen-bond acceptors (Lipinski definition) is 5. The second-order valence-electron chi connectivity index (χ2n) is 4.83. The molecular weight excluding hydrogens is 294 g/mol. The molecule has 118 valence electrons. The number of non-ortho nitro benzene ring substituents is 1. The van der Waals surface area contributed by atoms with Crippen LogP contribution < -0.4 is 10.0 Å². The molecule has 8 heteroatoms. The van der Waals surface area contributed by atoms with Gasteiger partial charge in [-0.1, -0.05) is 20.3 Å². The van der Waals surface area contributed by atoms with Gasteiger partial charge in [-0.15, -0.1) is 0 Å². The molecule has 2 N–H and O–H groups in total. The zero-order chi connectivity index (χ0) is 16.0. The van der Waals surface area contributed by atoms with Crippen LogP contribution in [0.5, 0.6) is 0 Å². The first kappa shape index (κ1) is 17.4. The van der Waals surface area contributed by atoms with Crippen LogP contribution in [0.2, 0.25) is 0 Å². The van der Waals surface area contributed by atoms with Gasteiger partial charge in [0.15, 0.2) is 0 Å². The van der Waals surface area contributed by atoms with Crippen molar-refractivity contribution in [2.45, 2.75) is 32.1 Å². The minimum atomic E-state index is -3.79. The maximum Gasteiger partial charge on any atom is 0.270 e. The number of nitrogens with zero attached hydrogens (tertiary/aromatic N) is 1. The monoisotopic (exact) mass is 315 g/mol. The molecule has 0 saturated carbocycles. The first-order chi connectivity index (χ1) is 9.81. The van der Waals surface area contributed by atoms with Crippen LogP contribution in [0, 0.1) is 16.0 Å². The lowest BCUT2D eigenvalue weighted by atomic mass is 10.1. The van der Waals surface area contributed by atoms with Gasteiger partial charge in [-0.2, -0.15) is 0 Å². The molecule has 0 aromatic heterocycles. The van der Waals surface area contributed by atoms with E-state index >= 15 is 0 Å². The molecule has 7 nitrogen and oxygen atoms in total.